The average Bonchev–Trinajstić information content (AvgIpc) is 2.49. The van der Waals surface area contributed by atoms with Gasteiger partial charge in [0.1, 0.15) is 0 Å². The van der Waals surface area contributed by atoms with Gasteiger partial charge in [0.15, 0.2) is 0 Å². The molecule has 0 bridgehead atoms. The molecule has 0 heterocycles. The highest BCUT2D eigenvalue weighted by molar-refractivity contribution is 7.45. The Labute approximate surface area is 148 Å². The van der Waals surface area contributed by atoms with Gasteiger partial charge in [0.25, 0.3) is 0 Å². The first-order valence-corrected chi connectivity index (χ1v) is 11.0. The number of rotatable bonds is 15. The minimum atomic E-state index is -4.64. The van der Waals surface area contributed by atoms with E-state index in [1.807, 2.05) is 0 Å². The summed E-state index contributed by atoms with van der Waals surface area (Å²) in [4.78, 5) is 21.6. The van der Waals surface area contributed by atoms with Crippen LogP contribution in [-0.2, 0) is 4.57 Å². The monoisotopic (exact) mass is 366 g/mol. The van der Waals surface area contributed by atoms with Gasteiger partial charge >= 0.3 is 7.82 Å². The van der Waals surface area contributed by atoms with Crippen molar-refractivity contribution in [2.75, 3.05) is 6.61 Å². The van der Waals surface area contributed by atoms with Gasteiger partial charge in [-0.2, -0.15) is 0 Å². The van der Waals surface area contributed by atoms with E-state index in [1.165, 1.54) is 83.5 Å². The Morgan fingerprint density at radius 2 is 1.00 bits per heavy atom. The summed E-state index contributed by atoms with van der Waals surface area (Å²) in [7, 11) is -4.64. The molecule has 0 aliphatic heterocycles. The van der Waals surface area contributed by atoms with Crippen molar-refractivity contribution in [2.24, 2.45) is 0 Å². The van der Waals surface area contributed by atoms with Crippen LogP contribution in [0, 0.1) is 0 Å². The molecule has 5 nitrogen and oxygen atoms in total. The Kier molecular flexibility index (Phi) is 22.6. The lowest BCUT2D eigenvalue weighted by molar-refractivity contribution is 0.275. The van der Waals surface area contributed by atoms with E-state index < -0.39 is 7.82 Å². The van der Waals surface area contributed by atoms with E-state index >= 15 is 0 Å². The van der Waals surface area contributed by atoms with Crippen LogP contribution in [0.25, 0.3) is 0 Å². The summed E-state index contributed by atoms with van der Waals surface area (Å²) in [5.74, 6) is 0. The van der Waals surface area contributed by atoms with Crippen LogP contribution in [0.5, 0.6) is 0 Å². The summed E-state index contributed by atoms with van der Waals surface area (Å²) < 4.78 is 8.88. The van der Waals surface area contributed by atoms with Gasteiger partial charge in [-0.1, -0.05) is 76.9 Å². The van der Waals surface area contributed by atoms with E-state index in [1.54, 1.807) is 0 Å². The molecule has 0 saturated heterocycles. The molecule has 0 aromatic rings. The first-order valence-electron chi connectivity index (χ1n) is 9.46. The summed E-state index contributed by atoms with van der Waals surface area (Å²) in [5, 5.41) is 8.66. The fraction of sp³-hybridized carbons (Fsp3) is 0.889. The molecule has 0 fully saturated rings. The summed E-state index contributed by atoms with van der Waals surface area (Å²) >= 11 is 0. The lowest BCUT2D eigenvalue weighted by atomic mass is 10.1. The molecule has 0 spiro atoms. The maximum absolute atomic E-state index is 8.88. The highest BCUT2D eigenvalue weighted by atomic mass is 31.2. The van der Waals surface area contributed by atoms with Gasteiger partial charge < -0.3 is 19.8 Å². The zero-order valence-corrected chi connectivity index (χ0v) is 16.3. The van der Waals surface area contributed by atoms with Gasteiger partial charge in [0.05, 0.1) is 0 Å². The third-order valence-electron chi connectivity index (χ3n) is 3.67. The van der Waals surface area contributed by atoms with Crippen molar-refractivity contribution >= 4 is 7.82 Å². The van der Waals surface area contributed by atoms with Gasteiger partial charge in [-0.3, -0.25) is 0 Å². The van der Waals surface area contributed by atoms with Gasteiger partial charge in [0.2, 0.25) is 0 Å². The molecule has 146 valence electrons. The molecule has 0 atom stereocenters. The topological polar surface area (TPSA) is 98.0 Å². The maximum atomic E-state index is 8.88. The van der Waals surface area contributed by atoms with E-state index in [2.05, 4.69) is 19.1 Å². The highest BCUT2D eigenvalue weighted by Gasteiger charge is 2.00. The van der Waals surface area contributed by atoms with Crippen LogP contribution in [0.15, 0.2) is 12.2 Å². The molecule has 0 saturated carbocycles. The molecule has 0 aliphatic rings. The average molecular weight is 366 g/mol. The molecule has 0 unspecified atom stereocenters. The van der Waals surface area contributed by atoms with Gasteiger partial charge in [0, 0.05) is 6.61 Å². The van der Waals surface area contributed by atoms with Crippen LogP contribution in [0.3, 0.4) is 0 Å². The Hall–Kier alpha value is -0.190. The van der Waals surface area contributed by atoms with E-state index in [-0.39, 0.29) is 0 Å². The molecular weight excluding hydrogens is 327 g/mol. The number of aliphatic hydroxyl groups excluding tert-OH is 1. The summed E-state index contributed by atoms with van der Waals surface area (Å²) in [6, 6.07) is 0. The number of phosphoric acid groups is 1. The predicted molar refractivity (Wildman–Crippen MR) is 101 cm³/mol. The first-order chi connectivity index (χ1) is 11.4. The summed E-state index contributed by atoms with van der Waals surface area (Å²) in [6.45, 7) is 2.64. The molecular formula is C18H39O5P. The van der Waals surface area contributed by atoms with Crippen LogP contribution in [-0.4, -0.2) is 26.4 Å². The molecule has 0 aromatic carbocycles. The van der Waals surface area contributed by atoms with E-state index in [0.29, 0.717) is 6.61 Å². The van der Waals surface area contributed by atoms with Gasteiger partial charge in [-0.25, -0.2) is 4.57 Å². The first kappa shape index (κ1) is 26.0. The fourth-order valence-corrected chi connectivity index (χ4v) is 2.36. The zero-order valence-electron chi connectivity index (χ0n) is 15.4. The molecule has 0 aliphatic carbocycles. The van der Waals surface area contributed by atoms with Crippen LogP contribution in [0.1, 0.15) is 96.8 Å². The quantitative estimate of drug-likeness (QED) is 0.184. The van der Waals surface area contributed by atoms with Crippen molar-refractivity contribution in [1.29, 1.82) is 0 Å². The van der Waals surface area contributed by atoms with Gasteiger partial charge in [-0.15, -0.1) is 0 Å². The van der Waals surface area contributed by atoms with E-state index in [0.717, 1.165) is 6.42 Å². The minimum Gasteiger partial charge on any atom is -0.396 e. The summed E-state index contributed by atoms with van der Waals surface area (Å²) in [6.07, 6.45) is 23.2. The Bertz CT molecular complexity index is 294. The van der Waals surface area contributed by atoms with Crippen molar-refractivity contribution in [3.8, 4) is 0 Å². The third kappa shape index (κ3) is 37.8. The predicted octanol–water partition coefficient (Wildman–Crippen LogP) is 5.09. The maximum Gasteiger partial charge on any atom is 0.466 e. The third-order valence-corrected chi connectivity index (χ3v) is 3.67. The zero-order chi connectivity index (χ0) is 18.5. The number of unbranched alkanes of at least 4 members (excludes halogenated alkanes) is 12. The second kappa shape index (κ2) is 20.9. The second-order valence-electron chi connectivity index (χ2n) is 6.17. The Morgan fingerprint density at radius 3 is 1.38 bits per heavy atom. The Morgan fingerprint density at radius 1 is 0.667 bits per heavy atom. The highest BCUT2D eigenvalue weighted by Crippen LogP contribution is 2.25. The smallest absolute Gasteiger partial charge is 0.396 e. The van der Waals surface area contributed by atoms with Crippen LogP contribution < -0.4 is 0 Å². The van der Waals surface area contributed by atoms with Crippen molar-refractivity contribution < 1.29 is 24.4 Å². The Balaban J connectivity index is 0. The minimum absolute atomic E-state index is 0.362. The van der Waals surface area contributed by atoms with Crippen molar-refractivity contribution in [2.45, 2.75) is 96.8 Å². The van der Waals surface area contributed by atoms with Crippen LogP contribution in [0.2, 0.25) is 0 Å². The molecule has 0 amide bonds. The number of aliphatic hydroxyl groups is 1. The lowest BCUT2D eigenvalue weighted by Gasteiger charge is -1.99. The molecule has 0 rings (SSSR count). The standard InChI is InChI=1S/C18H36O.H3O4P/c1-2-3-4-5-6-7-8-9-10-11-12-13-14-15-16-17-18-19;1-5(2,3)4/h9-10,19H,2-8,11-18H2,1H3;(H3,1,2,3,4)/b10-9+;. The van der Waals surface area contributed by atoms with Crippen molar-refractivity contribution in [1.82, 2.24) is 0 Å². The SMILES string of the molecule is CCCCCCCC/C=C/CCCCCCCCO.O=P(O)(O)O. The van der Waals surface area contributed by atoms with E-state index in [4.69, 9.17) is 24.4 Å². The number of hydrogen-bond donors (Lipinski definition) is 4. The van der Waals surface area contributed by atoms with E-state index in [9.17, 15) is 0 Å². The lowest BCUT2D eigenvalue weighted by Crippen LogP contribution is -1.83. The van der Waals surface area contributed by atoms with Gasteiger partial charge in [-0.05, 0) is 32.1 Å². The molecule has 4 N–H and O–H groups in total. The number of hydrogen-bond acceptors (Lipinski definition) is 2. The van der Waals surface area contributed by atoms with Crippen molar-refractivity contribution in [3.05, 3.63) is 12.2 Å². The molecule has 0 aromatic heterocycles. The molecule has 24 heavy (non-hydrogen) atoms. The van der Waals surface area contributed by atoms with Crippen molar-refractivity contribution in [3.63, 3.8) is 0 Å². The fourth-order valence-electron chi connectivity index (χ4n) is 2.36. The second-order valence-corrected chi connectivity index (χ2v) is 7.20. The summed E-state index contributed by atoms with van der Waals surface area (Å²) in [5.41, 5.74) is 0. The normalized spacial score (nSPS) is 11.5. The molecule has 0 radical (unpaired) electrons. The number of allylic oxidation sites excluding steroid dienone is 2. The molecule has 6 heteroatoms. The van der Waals surface area contributed by atoms with Crippen LogP contribution in [0.4, 0.5) is 0 Å². The largest absolute Gasteiger partial charge is 0.466 e. The van der Waals surface area contributed by atoms with Crippen LogP contribution >= 0.6 is 7.82 Å².